The van der Waals surface area contributed by atoms with Crippen molar-refractivity contribution in [1.29, 1.82) is 0 Å². The highest BCUT2D eigenvalue weighted by atomic mass is 19.1. The molecule has 118 valence electrons. The Bertz CT molecular complexity index is 458. The van der Waals surface area contributed by atoms with Gasteiger partial charge in [0.2, 0.25) is 0 Å². The van der Waals surface area contributed by atoms with E-state index in [0.717, 1.165) is 32.2 Å². The maximum atomic E-state index is 14.3. The van der Waals surface area contributed by atoms with Crippen molar-refractivity contribution in [2.75, 3.05) is 13.7 Å². The molecule has 1 aliphatic carbocycles. The van der Waals surface area contributed by atoms with Crippen molar-refractivity contribution in [3.05, 3.63) is 29.6 Å². The molecule has 0 saturated heterocycles. The number of hydrogen-bond acceptors (Lipinski definition) is 3. The number of rotatable bonds is 5. The quantitative estimate of drug-likeness (QED) is 0.903. The van der Waals surface area contributed by atoms with Crippen LogP contribution in [0, 0.1) is 5.82 Å². The topological polar surface area (TPSA) is 38.5 Å². The monoisotopic (exact) mass is 294 g/mol. The molecule has 1 saturated carbocycles. The molecule has 0 spiro atoms. The number of nitrogens with two attached hydrogens (primary N) is 1. The van der Waals surface area contributed by atoms with Crippen molar-refractivity contribution in [1.82, 2.24) is 4.90 Å². The molecule has 1 aromatic rings. The fourth-order valence-electron chi connectivity index (χ4n) is 3.55. The third kappa shape index (κ3) is 3.55. The number of halogens is 1. The van der Waals surface area contributed by atoms with E-state index >= 15 is 0 Å². The number of hydrogen-bond donors (Lipinski definition) is 1. The predicted octanol–water partition coefficient (Wildman–Crippen LogP) is 3.49. The first-order chi connectivity index (χ1) is 10.1. The van der Waals surface area contributed by atoms with Gasteiger partial charge in [0.15, 0.2) is 0 Å². The van der Waals surface area contributed by atoms with Crippen LogP contribution < -0.4 is 10.5 Å². The van der Waals surface area contributed by atoms with Gasteiger partial charge >= 0.3 is 0 Å². The molecule has 2 rings (SSSR count). The van der Waals surface area contributed by atoms with Crippen LogP contribution in [0.25, 0.3) is 0 Å². The molecule has 0 aliphatic heterocycles. The Morgan fingerprint density at radius 2 is 2.00 bits per heavy atom. The highest BCUT2D eigenvalue weighted by Crippen LogP contribution is 2.35. The van der Waals surface area contributed by atoms with Gasteiger partial charge in [0.25, 0.3) is 0 Å². The van der Waals surface area contributed by atoms with Gasteiger partial charge in [-0.2, -0.15) is 0 Å². The molecule has 0 aromatic heterocycles. The zero-order valence-electron chi connectivity index (χ0n) is 13.3. The summed E-state index contributed by atoms with van der Waals surface area (Å²) in [6, 6.07) is 5.86. The van der Waals surface area contributed by atoms with E-state index < -0.39 is 0 Å². The van der Waals surface area contributed by atoms with Gasteiger partial charge in [-0.1, -0.05) is 13.0 Å². The second-order valence-corrected chi connectivity index (χ2v) is 5.93. The summed E-state index contributed by atoms with van der Waals surface area (Å²) < 4.78 is 19.6. The molecule has 2 N–H and O–H groups in total. The minimum atomic E-state index is -0.187. The maximum Gasteiger partial charge on any atom is 0.131 e. The number of nitrogens with zero attached hydrogens (tertiary/aromatic N) is 1. The summed E-state index contributed by atoms with van der Waals surface area (Å²) in [4.78, 5) is 2.38. The minimum absolute atomic E-state index is 0.00507. The van der Waals surface area contributed by atoms with Crippen molar-refractivity contribution in [2.24, 2.45) is 5.73 Å². The van der Waals surface area contributed by atoms with Gasteiger partial charge < -0.3 is 10.5 Å². The molecular formula is C17H27FN2O. The summed E-state index contributed by atoms with van der Waals surface area (Å²) in [6.07, 6.45) is 4.30. The summed E-state index contributed by atoms with van der Waals surface area (Å²) in [5, 5.41) is 0. The van der Waals surface area contributed by atoms with Crippen LogP contribution >= 0.6 is 0 Å². The van der Waals surface area contributed by atoms with E-state index in [1.54, 1.807) is 13.2 Å². The van der Waals surface area contributed by atoms with Crippen molar-refractivity contribution < 1.29 is 9.13 Å². The highest BCUT2D eigenvalue weighted by Gasteiger charge is 2.29. The first-order valence-electron chi connectivity index (χ1n) is 7.92. The lowest BCUT2D eigenvalue weighted by atomic mass is 9.89. The third-order valence-corrected chi connectivity index (χ3v) is 4.72. The van der Waals surface area contributed by atoms with Crippen LogP contribution in [0.4, 0.5) is 4.39 Å². The molecule has 0 bridgehead atoms. The Kier molecular flexibility index (Phi) is 5.59. The average molecular weight is 294 g/mol. The van der Waals surface area contributed by atoms with E-state index in [1.807, 2.05) is 6.07 Å². The normalized spacial score (nSPS) is 24.1. The summed E-state index contributed by atoms with van der Waals surface area (Å²) in [7, 11) is 1.60. The second kappa shape index (κ2) is 7.23. The zero-order valence-corrected chi connectivity index (χ0v) is 13.3. The van der Waals surface area contributed by atoms with Gasteiger partial charge in [0.05, 0.1) is 7.11 Å². The van der Waals surface area contributed by atoms with Gasteiger partial charge in [-0.25, -0.2) is 4.39 Å². The highest BCUT2D eigenvalue weighted by molar-refractivity contribution is 5.37. The Morgan fingerprint density at radius 3 is 2.57 bits per heavy atom. The Labute approximate surface area is 127 Å². The van der Waals surface area contributed by atoms with Crippen LogP contribution in [0.1, 0.15) is 51.1 Å². The number of ether oxygens (including phenoxy) is 1. The maximum absolute atomic E-state index is 14.3. The molecule has 1 fully saturated rings. The first kappa shape index (κ1) is 16.2. The van der Waals surface area contributed by atoms with E-state index in [-0.39, 0.29) is 11.9 Å². The average Bonchev–Trinajstić information content (AvgIpc) is 2.49. The molecule has 0 radical (unpaired) electrons. The fraction of sp³-hybridized carbons (Fsp3) is 0.647. The first-order valence-corrected chi connectivity index (χ1v) is 7.92. The van der Waals surface area contributed by atoms with Crippen molar-refractivity contribution >= 4 is 0 Å². The Morgan fingerprint density at radius 1 is 1.33 bits per heavy atom. The third-order valence-electron chi connectivity index (χ3n) is 4.72. The van der Waals surface area contributed by atoms with Crippen molar-refractivity contribution in [3.63, 3.8) is 0 Å². The van der Waals surface area contributed by atoms with Crippen LogP contribution in [0.2, 0.25) is 0 Å². The second-order valence-electron chi connectivity index (χ2n) is 5.93. The molecule has 4 heteroatoms. The molecular weight excluding hydrogens is 267 g/mol. The summed E-state index contributed by atoms with van der Waals surface area (Å²) in [5.41, 5.74) is 6.66. The Balaban J connectivity index is 2.22. The number of benzene rings is 1. The standard InChI is InChI=1S/C17H27FN2O/c1-4-20(14-10-8-13(19)9-11-14)12(2)17-15(18)6-5-7-16(17)21-3/h5-7,12-14H,4,8-11,19H2,1-3H3. The molecule has 0 amide bonds. The summed E-state index contributed by atoms with van der Waals surface area (Å²) in [5.74, 6) is 0.446. The smallest absolute Gasteiger partial charge is 0.131 e. The molecule has 0 heterocycles. The van der Waals surface area contributed by atoms with Gasteiger partial charge in [0.1, 0.15) is 11.6 Å². The lowest BCUT2D eigenvalue weighted by molar-refractivity contribution is 0.111. The van der Waals surface area contributed by atoms with E-state index in [2.05, 4.69) is 18.7 Å². The zero-order chi connectivity index (χ0) is 15.4. The van der Waals surface area contributed by atoms with Gasteiger partial charge in [-0.3, -0.25) is 4.90 Å². The van der Waals surface area contributed by atoms with Crippen LogP contribution in [0.5, 0.6) is 5.75 Å². The van der Waals surface area contributed by atoms with Crippen LogP contribution in [-0.4, -0.2) is 30.6 Å². The summed E-state index contributed by atoms with van der Waals surface area (Å²) >= 11 is 0. The molecule has 1 aliphatic rings. The molecule has 3 nitrogen and oxygen atoms in total. The van der Waals surface area contributed by atoms with E-state index in [1.165, 1.54) is 6.07 Å². The van der Waals surface area contributed by atoms with Crippen molar-refractivity contribution in [2.45, 2.75) is 57.7 Å². The van der Waals surface area contributed by atoms with Gasteiger partial charge in [0, 0.05) is 23.7 Å². The fourth-order valence-corrected chi connectivity index (χ4v) is 3.55. The lowest BCUT2D eigenvalue weighted by Crippen LogP contribution is -2.42. The van der Waals surface area contributed by atoms with Gasteiger partial charge in [-0.05, 0) is 51.3 Å². The van der Waals surface area contributed by atoms with Crippen LogP contribution in [0.3, 0.4) is 0 Å². The van der Waals surface area contributed by atoms with E-state index in [4.69, 9.17) is 10.5 Å². The van der Waals surface area contributed by atoms with Crippen LogP contribution in [-0.2, 0) is 0 Å². The summed E-state index contributed by atoms with van der Waals surface area (Å²) in [6.45, 7) is 5.11. The van der Waals surface area contributed by atoms with Crippen molar-refractivity contribution in [3.8, 4) is 5.75 Å². The molecule has 21 heavy (non-hydrogen) atoms. The van der Waals surface area contributed by atoms with E-state index in [0.29, 0.717) is 23.4 Å². The SMILES string of the molecule is CCN(C1CCC(N)CC1)C(C)c1c(F)cccc1OC. The molecule has 1 atom stereocenters. The lowest BCUT2D eigenvalue weighted by Gasteiger charge is -2.39. The number of methoxy groups -OCH3 is 1. The van der Waals surface area contributed by atoms with Gasteiger partial charge in [-0.15, -0.1) is 0 Å². The predicted molar refractivity (Wildman–Crippen MR) is 84.0 cm³/mol. The van der Waals surface area contributed by atoms with E-state index in [9.17, 15) is 4.39 Å². The van der Waals surface area contributed by atoms with Crippen LogP contribution in [0.15, 0.2) is 18.2 Å². The largest absolute Gasteiger partial charge is 0.496 e. The molecule has 1 unspecified atom stereocenters. The Hall–Kier alpha value is -1.13. The molecule has 1 aromatic carbocycles. The minimum Gasteiger partial charge on any atom is -0.496 e.